The SMILES string of the molecule is Fc1cc(F)cc(-c2ccc(CCCCCCCCc3ccc(-c4cc(F)cc(F)c4)cc3)cc2)c1. The molecule has 0 aromatic heterocycles. The van der Waals surface area contributed by atoms with E-state index in [9.17, 15) is 17.6 Å². The zero-order valence-corrected chi connectivity index (χ0v) is 20.3. The molecule has 0 atom stereocenters. The highest BCUT2D eigenvalue weighted by Crippen LogP contribution is 2.24. The average molecular weight is 491 g/mol. The number of hydrogen-bond acceptors (Lipinski definition) is 0. The third kappa shape index (κ3) is 7.55. The smallest absolute Gasteiger partial charge is 0.126 e. The molecule has 4 rings (SSSR count). The van der Waals surface area contributed by atoms with Crippen molar-refractivity contribution in [3.05, 3.63) is 119 Å². The Labute approximate surface area is 210 Å². The van der Waals surface area contributed by atoms with Crippen LogP contribution in [0.15, 0.2) is 84.9 Å². The molecular weight excluding hydrogens is 460 g/mol. The van der Waals surface area contributed by atoms with Gasteiger partial charge in [-0.3, -0.25) is 0 Å². The second-order valence-electron chi connectivity index (χ2n) is 9.33. The van der Waals surface area contributed by atoms with Gasteiger partial charge in [-0.1, -0.05) is 74.2 Å². The summed E-state index contributed by atoms with van der Waals surface area (Å²) in [4.78, 5) is 0. The van der Waals surface area contributed by atoms with E-state index >= 15 is 0 Å². The normalized spacial score (nSPS) is 11.1. The first kappa shape index (κ1) is 25.7. The Morgan fingerprint density at radius 1 is 0.333 bits per heavy atom. The van der Waals surface area contributed by atoms with Crippen LogP contribution in [-0.2, 0) is 12.8 Å². The predicted octanol–water partition coefficient (Wildman–Crippen LogP) is 9.70. The molecule has 0 saturated carbocycles. The van der Waals surface area contributed by atoms with Gasteiger partial charge in [0.2, 0.25) is 0 Å². The Morgan fingerprint density at radius 3 is 0.972 bits per heavy atom. The molecule has 0 amide bonds. The summed E-state index contributed by atoms with van der Waals surface area (Å²) in [6.07, 6.45) is 8.99. The largest absolute Gasteiger partial charge is 0.207 e. The van der Waals surface area contributed by atoms with Crippen LogP contribution in [0.25, 0.3) is 22.3 Å². The van der Waals surface area contributed by atoms with E-state index in [-0.39, 0.29) is 0 Å². The van der Waals surface area contributed by atoms with Crippen molar-refractivity contribution in [1.82, 2.24) is 0 Å². The monoisotopic (exact) mass is 490 g/mol. The zero-order valence-electron chi connectivity index (χ0n) is 20.3. The minimum absolute atomic E-state index is 0.553. The summed E-state index contributed by atoms with van der Waals surface area (Å²) in [5.74, 6) is -2.26. The Kier molecular flexibility index (Phi) is 8.94. The van der Waals surface area contributed by atoms with E-state index in [2.05, 4.69) is 0 Å². The van der Waals surface area contributed by atoms with Crippen molar-refractivity contribution in [3.8, 4) is 22.3 Å². The zero-order chi connectivity index (χ0) is 25.3. The van der Waals surface area contributed by atoms with Gasteiger partial charge in [-0.05, 0) is 83.3 Å². The van der Waals surface area contributed by atoms with Gasteiger partial charge in [-0.15, -0.1) is 0 Å². The van der Waals surface area contributed by atoms with Gasteiger partial charge in [-0.25, -0.2) is 17.6 Å². The summed E-state index contributed by atoms with van der Waals surface area (Å²) in [7, 11) is 0. The fraction of sp³-hybridized carbons (Fsp3) is 0.250. The fourth-order valence-electron chi connectivity index (χ4n) is 4.53. The molecule has 0 N–H and O–H groups in total. The lowest BCUT2D eigenvalue weighted by Gasteiger charge is -2.07. The molecular formula is C32H30F4. The summed E-state index contributed by atoms with van der Waals surface area (Å²) in [5.41, 5.74) is 5.21. The summed E-state index contributed by atoms with van der Waals surface area (Å²) in [5, 5.41) is 0. The third-order valence-corrected chi connectivity index (χ3v) is 6.48. The maximum absolute atomic E-state index is 13.4. The molecule has 0 heterocycles. The highest BCUT2D eigenvalue weighted by atomic mass is 19.1. The van der Waals surface area contributed by atoms with Crippen LogP contribution in [0.3, 0.4) is 0 Å². The summed E-state index contributed by atoms with van der Waals surface area (Å²) in [6.45, 7) is 0. The highest BCUT2D eigenvalue weighted by Gasteiger charge is 2.05. The van der Waals surface area contributed by atoms with Crippen LogP contribution in [0.5, 0.6) is 0 Å². The number of rotatable bonds is 11. The van der Waals surface area contributed by atoms with Crippen LogP contribution in [-0.4, -0.2) is 0 Å². The minimum Gasteiger partial charge on any atom is -0.207 e. The van der Waals surface area contributed by atoms with Crippen LogP contribution < -0.4 is 0 Å². The van der Waals surface area contributed by atoms with Crippen molar-refractivity contribution in [1.29, 1.82) is 0 Å². The van der Waals surface area contributed by atoms with Crippen molar-refractivity contribution >= 4 is 0 Å². The van der Waals surface area contributed by atoms with Crippen molar-refractivity contribution in [2.45, 2.75) is 51.4 Å². The quantitative estimate of drug-likeness (QED) is 0.145. The van der Waals surface area contributed by atoms with Crippen LogP contribution in [0.2, 0.25) is 0 Å². The summed E-state index contributed by atoms with van der Waals surface area (Å²) in [6, 6.07) is 23.0. The molecule has 0 unspecified atom stereocenters. The van der Waals surface area contributed by atoms with E-state index in [0.29, 0.717) is 11.1 Å². The molecule has 186 valence electrons. The molecule has 4 aromatic carbocycles. The molecule has 0 nitrogen and oxygen atoms in total. The number of hydrogen-bond donors (Lipinski definition) is 0. The Hall–Kier alpha value is -3.40. The number of benzene rings is 4. The van der Waals surface area contributed by atoms with Gasteiger partial charge in [-0.2, -0.15) is 0 Å². The minimum atomic E-state index is -0.564. The molecule has 0 aliphatic heterocycles. The molecule has 0 spiro atoms. The lowest BCUT2D eigenvalue weighted by atomic mass is 9.99. The van der Waals surface area contributed by atoms with Gasteiger partial charge in [0.1, 0.15) is 23.3 Å². The lowest BCUT2D eigenvalue weighted by Crippen LogP contribution is -1.89. The molecule has 36 heavy (non-hydrogen) atoms. The van der Waals surface area contributed by atoms with Gasteiger partial charge in [0.05, 0.1) is 0 Å². The van der Waals surface area contributed by atoms with E-state index < -0.39 is 23.3 Å². The van der Waals surface area contributed by atoms with Gasteiger partial charge in [0.15, 0.2) is 0 Å². The number of halogens is 4. The second kappa shape index (κ2) is 12.5. The van der Waals surface area contributed by atoms with E-state index in [1.54, 1.807) is 0 Å². The lowest BCUT2D eigenvalue weighted by molar-refractivity contribution is 0.583. The maximum atomic E-state index is 13.4. The summed E-state index contributed by atoms with van der Waals surface area (Å²) < 4.78 is 53.7. The van der Waals surface area contributed by atoms with Gasteiger partial charge >= 0.3 is 0 Å². The molecule has 0 saturated heterocycles. The first-order chi connectivity index (χ1) is 17.5. The first-order valence-electron chi connectivity index (χ1n) is 12.6. The Balaban J connectivity index is 1.11. The van der Waals surface area contributed by atoms with Gasteiger partial charge in [0.25, 0.3) is 0 Å². The molecule has 0 bridgehead atoms. The van der Waals surface area contributed by atoms with Crippen LogP contribution in [0.4, 0.5) is 17.6 Å². The summed E-state index contributed by atoms with van der Waals surface area (Å²) >= 11 is 0. The highest BCUT2D eigenvalue weighted by molar-refractivity contribution is 5.64. The molecule has 4 aromatic rings. The molecule has 4 heteroatoms. The van der Waals surface area contributed by atoms with Crippen LogP contribution in [0, 0.1) is 23.3 Å². The fourth-order valence-corrected chi connectivity index (χ4v) is 4.53. The Morgan fingerprint density at radius 2 is 0.639 bits per heavy atom. The topological polar surface area (TPSA) is 0 Å². The molecule has 0 aliphatic carbocycles. The second-order valence-corrected chi connectivity index (χ2v) is 9.33. The molecule has 0 radical (unpaired) electrons. The standard InChI is InChI=1S/C32H30F4/c33-29-17-27(18-30(34)21-29)25-13-9-23(10-14-25)7-5-3-1-2-4-6-8-24-11-15-26(16-12-24)28-19-31(35)22-32(36)20-28/h9-22H,1-8H2. The van der Waals surface area contributed by atoms with Crippen molar-refractivity contribution in [3.63, 3.8) is 0 Å². The van der Waals surface area contributed by atoms with Crippen molar-refractivity contribution in [2.24, 2.45) is 0 Å². The number of aryl methyl sites for hydroxylation is 2. The van der Waals surface area contributed by atoms with Crippen molar-refractivity contribution < 1.29 is 17.6 Å². The Bertz CT molecular complexity index is 1120. The maximum Gasteiger partial charge on any atom is 0.126 e. The third-order valence-electron chi connectivity index (χ3n) is 6.48. The van der Waals surface area contributed by atoms with E-state index in [0.717, 1.165) is 48.9 Å². The van der Waals surface area contributed by atoms with E-state index in [4.69, 9.17) is 0 Å². The molecule has 0 aliphatic rings. The predicted molar refractivity (Wildman–Crippen MR) is 139 cm³/mol. The average Bonchev–Trinajstić information content (AvgIpc) is 2.85. The van der Waals surface area contributed by atoms with Crippen molar-refractivity contribution in [2.75, 3.05) is 0 Å². The van der Waals surface area contributed by atoms with Crippen LogP contribution >= 0.6 is 0 Å². The van der Waals surface area contributed by atoms with E-state index in [1.165, 1.54) is 61.1 Å². The van der Waals surface area contributed by atoms with Gasteiger partial charge < -0.3 is 0 Å². The first-order valence-corrected chi connectivity index (χ1v) is 12.6. The number of unbranched alkanes of at least 4 members (excludes halogenated alkanes) is 5. The molecule has 0 fully saturated rings. The van der Waals surface area contributed by atoms with E-state index in [1.807, 2.05) is 48.5 Å². The van der Waals surface area contributed by atoms with Crippen LogP contribution in [0.1, 0.15) is 49.7 Å². The van der Waals surface area contributed by atoms with Gasteiger partial charge in [0, 0.05) is 12.1 Å².